The van der Waals surface area contributed by atoms with Gasteiger partial charge in [0.1, 0.15) is 5.75 Å². The van der Waals surface area contributed by atoms with Crippen LogP contribution in [0.25, 0.3) is 0 Å². The van der Waals surface area contributed by atoms with Gasteiger partial charge >= 0.3 is 0 Å². The fraction of sp³-hybridized carbons (Fsp3) is 0.500. The van der Waals surface area contributed by atoms with Gasteiger partial charge in [0, 0.05) is 0 Å². The van der Waals surface area contributed by atoms with Crippen LogP contribution in [0.2, 0.25) is 0 Å². The molecule has 0 heterocycles. The third kappa shape index (κ3) is 2.07. The van der Waals surface area contributed by atoms with E-state index in [9.17, 15) is 5.11 Å². The molecule has 0 saturated carbocycles. The molecule has 1 rings (SSSR count). The predicted molar refractivity (Wildman–Crippen MR) is 57.4 cm³/mol. The molecule has 0 aliphatic carbocycles. The van der Waals surface area contributed by atoms with Crippen molar-refractivity contribution in [1.29, 1.82) is 0 Å². The maximum Gasteiger partial charge on any atom is 0.118 e. The molecule has 2 heteroatoms. The zero-order chi connectivity index (χ0) is 10.8. The normalized spacial score (nSPS) is 15.3. The summed E-state index contributed by atoms with van der Waals surface area (Å²) in [7, 11) is 1.63. The average Bonchev–Trinajstić information content (AvgIpc) is 2.17. The summed E-state index contributed by atoms with van der Waals surface area (Å²) in [6.07, 6.45) is 0. The molecule has 0 amide bonds. The highest BCUT2D eigenvalue weighted by Crippen LogP contribution is 2.29. The number of rotatable bonds is 3. The van der Waals surface area contributed by atoms with E-state index in [1.807, 2.05) is 45.0 Å². The van der Waals surface area contributed by atoms with Crippen LogP contribution in [0, 0.1) is 5.92 Å². The Morgan fingerprint density at radius 3 is 2.07 bits per heavy atom. The van der Waals surface area contributed by atoms with Crippen molar-refractivity contribution < 1.29 is 9.84 Å². The van der Waals surface area contributed by atoms with E-state index in [1.165, 1.54) is 0 Å². The molecule has 0 radical (unpaired) electrons. The van der Waals surface area contributed by atoms with E-state index >= 15 is 0 Å². The molecule has 78 valence electrons. The zero-order valence-electron chi connectivity index (χ0n) is 9.24. The van der Waals surface area contributed by atoms with Crippen molar-refractivity contribution in [1.82, 2.24) is 0 Å². The first-order chi connectivity index (χ1) is 6.48. The third-order valence-electron chi connectivity index (χ3n) is 2.80. The second-order valence-corrected chi connectivity index (χ2v) is 4.03. The number of methoxy groups -OCH3 is 1. The molecule has 0 aliphatic rings. The van der Waals surface area contributed by atoms with Crippen LogP contribution in [0.1, 0.15) is 26.3 Å². The molecule has 1 unspecified atom stereocenters. The Labute approximate surface area is 85.5 Å². The minimum absolute atomic E-state index is 0.191. The second-order valence-electron chi connectivity index (χ2n) is 4.03. The van der Waals surface area contributed by atoms with Gasteiger partial charge in [-0.15, -0.1) is 0 Å². The monoisotopic (exact) mass is 194 g/mol. The number of hydrogen-bond donors (Lipinski definition) is 1. The molecular weight excluding hydrogens is 176 g/mol. The van der Waals surface area contributed by atoms with Gasteiger partial charge in [-0.25, -0.2) is 0 Å². The van der Waals surface area contributed by atoms with Crippen molar-refractivity contribution in [3.8, 4) is 5.75 Å². The van der Waals surface area contributed by atoms with Gasteiger partial charge in [0.15, 0.2) is 0 Å². The number of ether oxygens (including phenoxy) is 1. The van der Waals surface area contributed by atoms with Gasteiger partial charge in [-0.2, -0.15) is 0 Å². The first-order valence-corrected chi connectivity index (χ1v) is 4.85. The van der Waals surface area contributed by atoms with Crippen molar-refractivity contribution in [2.75, 3.05) is 7.11 Å². The number of aliphatic hydroxyl groups is 1. The molecule has 0 aromatic heterocycles. The summed E-state index contributed by atoms with van der Waals surface area (Å²) in [6, 6.07) is 7.54. The lowest BCUT2D eigenvalue weighted by molar-refractivity contribution is 0.00902. The highest BCUT2D eigenvalue weighted by atomic mass is 16.5. The van der Waals surface area contributed by atoms with E-state index < -0.39 is 5.60 Å². The van der Waals surface area contributed by atoms with Gasteiger partial charge in [0.2, 0.25) is 0 Å². The highest BCUT2D eigenvalue weighted by Gasteiger charge is 2.26. The lowest BCUT2D eigenvalue weighted by Gasteiger charge is -2.28. The molecule has 14 heavy (non-hydrogen) atoms. The van der Waals surface area contributed by atoms with Crippen LogP contribution in [0.3, 0.4) is 0 Å². The highest BCUT2D eigenvalue weighted by molar-refractivity contribution is 5.30. The topological polar surface area (TPSA) is 29.5 Å². The fourth-order valence-corrected chi connectivity index (χ4v) is 1.26. The summed E-state index contributed by atoms with van der Waals surface area (Å²) in [5.74, 6) is 1.00. The summed E-state index contributed by atoms with van der Waals surface area (Å²) >= 11 is 0. The van der Waals surface area contributed by atoms with Crippen LogP contribution >= 0.6 is 0 Å². The Balaban J connectivity index is 2.97. The van der Waals surface area contributed by atoms with Crippen molar-refractivity contribution >= 4 is 0 Å². The van der Waals surface area contributed by atoms with E-state index in [4.69, 9.17) is 4.74 Å². The predicted octanol–water partition coefficient (Wildman–Crippen LogP) is 2.56. The molecule has 1 N–H and O–H groups in total. The Kier molecular flexibility index (Phi) is 3.17. The van der Waals surface area contributed by atoms with Crippen molar-refractivity contribution in [2.45, 2.75) is 26.4 Å². The van der Waals surface area contributed by atoms with Crippen LogP contribution in [-0.4, -0.2) is 12.2 Å². The molecular formula is C12H18O2. The fourth-order valence-electron chi connectivity index (χ4n) is 1.26. The maximum absolute atomic E-state index is 10.2. The summed E-state index contributed by atoms with van der Waals surface area (Å²) < 4.78 is 5.06. The van der Waals surface area contributed by atoms with Gasteiger partial charge in [-0.3, -0.25) is 0 Å². The van der Waals surface area contributed by atoms with Gasteiger partial charge < -0.3 is 9.84 Å². The molecule has 1 aromatic rings. The lowest BCUT2D eigenvalue weighted by atomic mass is 9.85. The Morgan fingerprint density at radius 1 is 1.21 bits per heavy atom. The quantitative estimate of drug-likeness (QED) is 0.801. The average molecular weight is 194 g/mol. The largest absolute Gasteiger partial charge is 0.497 e. The minimum Gasteiger partial charge on any atom is -0.497 e. The molecule has 0 aliphatic heterocycles. The molecule has 0 fully saturated rings. The van der Waals surface area contributed by atoms with E-state index in [0.29, 0.717) is 0 Å². The molecule has 2 nitrogen and oxygen atoms in total. The first kappa shape index (κ1) is 11.1. The third-order valence-corrected chi connectivity index (χ3v) is 2.80. The van der Waals surface area contributed by atoms with Gasteiger partial charge in [0.05, 0.1) is 12.7 Å². The summed E-state index contributed by atoms with van der Waals surface area (Å²) in [5.41, 5.74) is 0.153. The Morgan fingerprint density at radius 2 is 1.71 bits per heavy atom. The minimum atomic E-state index is -0.772. The maximum atomic E-state index is 10.2. The number of hydrogen-bond acceptors (Lipinski definition) is 2. The summed E-state index contributed by atoms with van der Waals surface area (Å²) in [6.45, 7) is 5.84. The Bertz CT molecular complexity index is 286. The van der Waals surface area contributed by atoms with Gasteiger partial charge in [-0.05, 0) is 30.5 Å². The SMILES string of the molecule is COc1ccc(C(C)(O)C(C)C)cc1. The van der Waals surface area contributed by atoms with Gasteiger partial charge in [0.25, 0.3) is 0 Å². The van der Waals surface area contributed by atoms with Crippen LogP contribution in [0.5, 0.6) is 5.75 Å². The molecule has 1 aromatic carbocycles. The Hall–Kier alpha value is -1.02. The molecule has 0 saturated heterocycles. The van der Waals surface area contributed by atoms with Crippen molar-refractivity contribution in [2.24, 2.45) is 5.92 Å². The van der Waals surface area contributed by atoms with E-state index in [2.05, 4.69) is 0 Å². The summed E-state index contributed by atoms with van der Waals surface area (Å²) in [4.78, 5) is 0. The first-order valence-electron chi connectivity index (χ1n) is 4.85. The molecule has 1 atom stereocenters. The van der Waals surface area contributed by atoms with Crippen LogP contribution in [0.15, 0.2) is 24.3 Å². The smallest absolute Gasteiger partial charge is 0.118 e. The number of benzene rings is 1. The van der Waals surface area contributed by atoms with Crippen molar-refractivity contribution in [3.05, 3.63) is 29.8 Å². The van der Waals surface area contributed by atoms with Crippen molar-refractivity contribution in [3.63, 3.8) is 0 Å². The second kappa shape index (κ2) is 4.01. The van der Waals surface area contributed by atoms with E-state index in [0.717, 1.165) is 11.3 Å². The van der Waals surface area contributed by atoms with Crippen LogP contribution in [-0.2, 0) is 5.60 Å². The van der Waals surface area contributed by atoms with Crippen LogP contribution in [0.4, 0.5) is 0 Å². The van der Waals surface area contributed by atoms with Crippen LogP contribution < -0.4 is 4.74 Å². The van der Waals surface area contributed by atoms with E-state index in [1.54, 1.807) is 7.11 Å². The van der Waals surface area contributed by atoms with Gasteiger partial charge in [-0.1, -0.05) is 26.0 Å². The molecule has 0 bridgehead atoms. The van der Waals surface area contributed by atoms with E-state index in [-0.39, 0.29) is 5.92 Å². The zero-order valence-corrected chi connectivity index (χ0v) is 9.24. The lowest BCUT2D eigenvalue weighted by Crippen LogP contribution is -2.27. The molecule has 0 spiro atoms. The summed E-state index contributed by atoms with van der Waals surface area (Å²) in [5, 5.41) is 10.2. The standard InChI is InChI=1S/C12H18O2/c1-9(2)12(3,13)10-5-7-11(14-4)8-6-10/h5-9,13H,1-4H3.